The van der Waals surface area contributed by atoms with Gasteiger partial charge in [0.05, 0.1) is 11.3 Å². The van der Waals surface area contributed by atoms with Crippen LogP contribution in [0.1, 0.15) is 63.4 Å². The Labute approximate surface area is 187 Å². The number of rotatable bonds is 5. The van der Waals surface area contributed by atoms with E-state index in [0.29, 0.717) is 24.3 Å². The van der Waals surface area contributed by atoms with Gasteiger partial charge >= 0.3 is 5.97 Å². The van der Waals surface area contributed by atoms with Crippen molar-refractivity contribution < 1.29 is 19.8 Å². The minimum Gasteiger partial charge on any atom is -0.508 e. The molecule has 2 heterocycles. The maximum Gasteiger partial charge on any atom is 0.337 e. The van der Waals surface area contributed by atoms with Gasteiger partial charge < -0.3 is 19.7 Å². The summed E-state index contributed by atoms with van der Waals surface area (Å²) in [5, 5.41) is 20.0. The average Bonchev–Trinajstić information content (AvgIpc) is 3.18. The Hall–Kier alpha value is -3.54. The highest BCUT2D eigenvalue weighted by Gasteiger charge is 2.28. The van der Waals surface area contributed by atoms with E-state index in [1.807, 2.05) is 47.6 Å². The predicted molar refractivity (Wildman–Crippen MR) is 123 cm³/mol. The Morgan fingerprint density at radius 1 is 1.09 bits per heavy atom. The maximum absolute atomic E-state index is 13.4. The van der Waals surface area contributed by atoms with Gasteiger partial charge in [-0.05, 0) is 68.1 Å². The van der Waals surface area contributed by atoms with Crippen LogP contribution in [-0.4, -0.2) is 44.6 Å². The number of aromatic hydroxyl groups is 1. The molecule has 0 bridgehead atoms. The lowest BCUT2D eigenvalue weighted by molar-refractivity contribution is 0.0687. The molecule has 0 saturated carbocycles. The lowest BCUT2D eigenvalue weighted by Crippen LogP contribution is -2.39. The van der Waals surface area contributed by atoms with Crippen molar-refractivity contribution in [2.24, 2.45) is 0 Å². The van der Waals surface area contributed by atoms with E-state index in [2.05, 4.69) is 0 Å². The fourth-order valence-corrected chi connectivity index (χ4v) is 4.67. The summed E-state index contributed by atoms with van der Waals surface area (Å²) in [6, 6.07) is 16.0. The van der Waals surface area contributed by atoms with E-state index in [9.17, 15) is 19.8 Å². The molecule has 0 radical (unpaired) electrons. The molecule has 6 heteroatoms. The summed E-state index contributed by atoms with van der Waals surface area (Å²) in [7, 11) is 0. The summed E-state index contributed by atoms with van der Waals surface area (Å²) < 4.78 is 1.92. The Balaban J connectivity index is 1.68. The van der Waals surface area contributed by atoms with Crippen molar-refractivity contribution in [2.45, 2.75) is 39.0 Å². The lowest BCUT2D eigenvalue weighted by atomic mass is 9.89. The van der Waals surface area contributed by atoms with Crippen LogP contribution in [0.3, 0.4) is 0 Å². The van der Waals surface area contributed by atoms with Crippen LogP contribution in [0.4, 0.5) is 0 Å². The van der Waals surface area contributed by atoms with Gasteiger partial charge in [0, 0.05) is 36.0 Å². The molecule has 0 spiro atoms. The first-order chi connectivity index (χ1) is 15.4. The third-order valence-corrected chi connectivity index (χ3v) is 6.32. The number of carbonyl (C=O) groups is 2. The number of carboxylic acids is 1. The van der Waals surface area contributed by atoms with Crippen LogP contribution in [0.2, 0.25) is 0 Å². The molecule has 3 aromatic rings. The quantitative estimate of drug-likeness (QED) is 0.608. The normalized spacial score (nSPS) is 16.2. The third kappa shape index (κ3) is 4.00. The van der Waals surface area contributed by atoms with E-state index in [1.165, 1.54) is 6.07 Å². The molecular formula is C26H28N2O4. The first-order valence-corrected chi connectivity index (χ1v) is 11.0. The molecule has 1 saturated heterocycles. The Morgan fingerprint density at radius 3 is 2.59 bits per heavy atom. The number of phenolic OH excluding ortho intramolecular Hbond substituents is 1. The number of benzene rings is 2. The first-order valence-electron chi connectivity index (χ1n) is 11.0. The molecule has 1 aliphatic heterocycles. The van der Waals surface area contributed by atoms with E-state index in [1.54, 1.807) is 24.3 Å². The molecule has 2 aromatic carbocycles. The molecule has 1 amide bonds. The standard InChI is InChI=1S/C26H28N2O4/c1-3-20-12-10-17(2)28(20)23-15-18(11-13-22(23)26(31)32)25(30)27-14-6-7-19(16-27)21-8-4-5-9-24(21)29/h4-5,8-13,15,19,29H,3,6-7,14,16H2,1-2H3,(H,31,32). The minimum atomic E-state index is -1.02. The zero-order chi connectivity index (χ0) is 22.8. The number of carbonyl (C=O) groups excluding carboxylic acids is 1. The van der Waals surface area contributed by atoms with Crippen molar-refractivity contribution in [1.29, 1.82) is 0 Å². The Kier molecular flexibility index (Phi) is 6.04. The van der Waals surface area contributed by atoms with Crippen LogP contribution < -0.4 is 0 Å². The topological polar surface area (TPSA) is 82.8 Å². The monoisotopic (exact) mass is 432 g/mol. The van der Waals surface area contributed by atoms with Crippen molar-refractivity contribution in [3.05, 3.63) is 82.7 Å². The number of likely N-dealkylation sites (tertiary alicyclic amines) is 1. The number of aryl methyl sites for hydroxylation is 2. The number of piperidine rings is 1. The summed E-state index contributed by atoms with van der Waals surface area (Å²) in [5.74, 6) is -0.807. The van der Waals surface area contributed by atoms with Crippen LogP contribution in [0, 0.1) is 6.92 Å². The summed E-state index contributed by atoms with van der Waals surface area (Å²) >= 11 is 0. The Morgan fingerprint density at radius 2 is 1.88 bits per heavy atom. The molecule has 1 atom stereocenters. The van der Waals surface area contributed by atoms with Gasteiger partial charge in [-0.25, -0.2) is 4.79 Å². The molecule has 166 valence electrons. The highest BCUT2D eigenvalue weighted by Crippen LogP contribution is 2.33. The number of hydrogen-bond acceptors (Lipinski definition) is 3. The second kappa shape index (κ2) is 8.91. The fourth-order valence-electron chi connectivity index (χ4n) is 4.67. The maximum atomic E-state index is 13.4. The second-order valence-electron chi connectivity index (χ2n) is 8.34. The summed E-state index contributed by atoms with van der Waals surface area (Å²) in [5.41, 5.74) is 3.93. The molecule has 1 aliphatic rings. The number of carboxylic acid groups (broad SMARTS) is 1. The van der Waals surface area contributed by atoms with Crippen LogP contribution in [-0.2, 0) is 6.42 Å². The summed E-state index contributed by atoms with van der Waals surface area (Å²) in [6.07, 6.45) is 2.51. The van der Waals surface area contributed by atoms with E-state index in [4.69, 9.17) is 0 Å². The zero-order valence-electron chi connectivity index (χ0n) is 18.4. The van der Waals surface area contributed by atoms with E-state index < -0.39 is 5.97 Å². The Bertz CT molecular complexity index is 1160. The molecule has 4 rings (SSSR count). The summed E-state index contributed by atoms with van der Waals surface area (Å²) in [6.45, 7) is 5.12. The van der Waals surface area contributed by atoms with Crippen LogP contribution in [0.15, 0.2) is 54.6 Å². The smallest absolute Gasteiger partial charge is 0.337 e. The molecule has 1 aromatic heterocycles. The average molecular weight is 433 g/mol. The van der Waals surface area contributed by atoms with Crippen LogP contribution >= 0.6 is 0 Å². The number of hydrogen-bond donors (Lipinski definition) is 2. The number of aromatic carboxylic acids is 1. The van der Waals surface area contributed by atoms with Gasteiger partial charge in [0.15, 0.2) is 0 Å². The van der Waals surface area contributed by atoms with Crippen LogP contribution in [0.25, 0.3) is 5.69 Å². The van der Waals surface area contributed by atoms with Gasteiger partial charge in [0.25, 0.3) is 5.91 Å². The predicted octanol–water partition coefficient (Wildman–Crippen LogP) is 4.77. The first kappa shape index (κ1) is 21.7. The van der Waals surface area contributed by atoms with Crippen molar-refractivity contribution in [3.8, 4) is 11.4 Å². The number of aromatic nitrogens is 1. The lowest BCUT2D eigenvalue weighted by Gasteiger charge is -2.33. The molecule has 32 heavy (non-hydrogen) atoms. The van der Waals surface area contributed by atoms with E-state index >= 15 is 0 Å². The molecular weight excluding hydrogens is 404 g/mol. The zero-order valence-corrected chi connectivity index (χ0v) is 18.4. The van der Waals surface area contributed by atoms with Crippen molar-refractivity contribution in [2.75, 3.05) is 13.1 Å². The van der Waals surface area contributed by atoms with Gasteiger partial charge in [-0.1, -0.05) is 25.1 Å². The van der Waals surface area contributed by atoms with E-state index in [0.717, 1.165) is 36.2 Å². The number of nitrogens with zero attached hydrogens (tertiary/aromatic N) is 2. The van der Waals surface area contributed by atoms with Gasteiger partial charge in [-0.2, -0.15) is 0 Å². The van der Waals surface area contributed by atoms with Gasteiger partial charge in [-0.3, -0.25) is 4.79 Å². The minimum absolute atomic E-state index is 0.0741. The number of phenols is 1. The van der Waals surface area contributed by atoms with Gasteiger partial charge in [0.1, 0.15) is 5.75 Å². The molecule has 0 aliphatic carbocycles. The highest BCUT2D eigenvalue weighted by molar-refractivity contribution is 5.98. The van der Waals surface area contributed by atoms with Gasteiger partial charge in [-0.15, -0.1) is 0 Å². The SMILES string of the molecule is CCc1ccc(C)n1-c1cc(C(=O)N2CCCC(c3ccccc3O)C2)ccc1C(=O)O. The molecule has 1 unspecified atom stereocenters. The van der Waals surface area contributed by atoms with Crippen molar-refractivity contribution >= 4 is 11.9 Å². The molecule has 2 N–H and O–H groups in total. The second-order valence-corrected chi connectivity index (χ2v) is 8.34. The highest BCUT2D eigenvalue weighted by atomic mass is 16.4. The van der Waals surface area contributed by atoms with Crippen molar-refractivity contribution in [3.63, 3.8) is 0 Å². The van der Waals surface area contributed by atoms with Crippen LogP contribution in [0.5, 0.6) is 5.75 Å². The largest absolute Gasteiger partial charge is 0.508 e. The molecule has 1 fully saturated rings. The number of para-hydroxylation sites is 1. The fraction of sp³-hybridized carbons (Fsp3) is 0.308. The van der Waals surface area contributed by atoms with Crippen molar-refractivity contribution in [1.82, 2.24) is 9.47 Å². The van der Waals surface area contributed by atoms with E-state index in [-0.39, 0.29) is 23.1 Å². The third-order valence-electron chi connectivity index (χ3n) is 6.32. The number of amides is 1. The summed E-state index contributed by atoms with van der Waals surface area (Å²) in [4.78, 5) is 27.1. The molecule has 6 nitrogen and oxygen atoms in total. The van der Waals surface area contributed by atoms with Gasteiger partial charge in [0.2, 0.25) is 0 Å².